The van der Waals surface area contributed by atoms with E-state index in [1.165, 1.54) is 6.20 Å². The second-order valence-electron chi connectivity index (χ2n) is 4.32. The SMILES string of the molecule is CC(N)c1ccc(/C=C/c2c[nH]c(=O)[nH]c2=O)cc1. The Morgan fingerprint density at radius 2 is 1.84 bits per heavy atom. The molecule has 0 aliphatic carbocycles. The van der Waals surface area contributed by atoms with E-state index in [4.69, 9.17) is 5.73 Å². The molecule has 0 saturated carbocycles. The van der Waals surface area contributed by atoms with E-state index >= 15 is 0 Å². The van der Waals surface area contributed by atoms with Gasteiger partial charge in [-0.05, 0) is 24.1 Å². The second-order valence-corrected chi connectivity index (χ2v) is 4.32. The molecule has 1 heterocycles. The lowest BCUT2D eigenvalue weighted by molar-refractivity contribution is 0.818. The van der Waals surface area contributed by atoms with Crippen molar-refractivity contribution in [2.24, 2.45) is 5.73 Å². The summed E-state index contributed by atoms with van der Waals surface area (Å²) in [5.41, 5.74) is 7.25. The van der Waals surface area contributed by atoms with Gasteiger partial charge >= 0.3 is 5.69 Å². The molecule has 0 amide bonds. The van der Waals surface area contributed by atoms with Crippen LogP contribution in [0.5, 0.6) is 0 Å². The van der Waals surface area contributed by atoms with Crippen LogP contribution in [0.4, 0.5) is 0 Å². The number of aromatic amines is 2. The average molecular weight is 257 g/mol. The lowest BCUT2D eigenvalue weighted by Gasteiger charge is -2.04. The highest BCUT2D eigenvalue weighted by Gasteiger charge is 1.98. The molecular weight excluding hydrogens is 242 g/mol. The molecule has 0 fully saturated rings. The molecule has 2 aromatic rings. The van der Waals surface area contributed by atoms with Crippen molar-refractivity contribution < 1.29 is 0 Å². The summed E-state index contributed by atoms with van der Waals surface area (Å²) in [6.45, 7) is 1.92. The number of rotatable bonds is 3. The zero-order valence-electron chi connectivity index (χ0n) is 10.5. The Balaban J connectivity index is 2.23. The minimum absolute atomic E-state index is 0.0000672. The Bertz CT molecular complexity index is 694. The third-order valence-electron chi connectivity index (χ3n) is 2.77. The van der Waals surface area contributed by atoms with Crippen molar-refractivity contribution in [2.75, 3.05) is 0 Å². The fourth-order valence-corrected chi connectivity index (χ4v) is 1.64. The number of nitrogens with two attached hydrogens (primary N) is 1. The molecule has 0 aliphatic heterocycles. The smallest absolute Gasteiger partial charge is 0.324 e. The summed E-state index contributed by atoms with van der Waals surface area (Å²) in [5, 5.41) is 0. The molecule has 5 heteroatoms. The minimum Gasteiger partial charge on any atom is -0.324 e. The summed E-state index contributed by atoms with van der Waals surface area (Å²) in [4.78, 5) is 26.9. The zero-order valence-corrected chi connectivity index (χ0v) is 10.5. The zero-order chi connectivity index (χ0) is 13.8. The highest BCUT2D eigenvalue weighted by Crippen LogP contribution is 2.12. The Hall–Kier alpha value is -2.40. The average Bonchev–Trinajstić information content (AvgIpc) is 2.38. The summed E-state index contributed by atoms with van der Waals surface area (Å²) in [6.07, 6.45) is 4.83. The van der Waals surface area contributed by atoms with Crippen molar-refractivity contribution in [3.05, 3.63) is 68.0 Å². The van der Waals surface area contributed by atoms with E-state index in [2.05, 4.69) is 9.97 Å². The molecule has 4 N–H and O–H groups in total. The number of H-pyrrole nitrogens is 2. The maximum Gasteiger partial charge on any atom is 0.325 e. The van der Waals surface area contributed by atoms with Gasteiger partial charge in [-0.3, -0.25) is 9.78 Å². The van der Waals surface area contributed by atoms with Crippen LogP contribution in [0.1, 0.15) is 29.7 Å². The van der Waals surface area contributed by atoms with Gasteiger partial charge in [0.2, 0.25) is 0 Å². The van der Waals surface area contributed by atoms with Gasteiger partial charge in [-0.1, -0.05) is 30.3 Å². The molecule has 2 rings (SSSR count). The second kappa shape index (κ2) is 5.49. The maximum absolute atomic E-state index is 11.5. The van der Waals surface area contributed by atoms with Crippen molar-refractivity contribution in [3.63, 3.8) is 0 Å². The van der Waals surface area contributed by atoms with Crippen LogP contribution in [0.25, 0.3) is 12.2 Å². The molecular formula is C14H15N3O2. The van der Waals surface area contributed by atoms with Gasteiger partial charge in [-0.15, -0.1) is 0 Å². The largest absolute Gasteiger partial charge is 0.325 e. The molecule has 0 saturated heterocycles. The highest BCUT2D eigenvalue weighted by molar-refractivity contribution is 5.68. The first-order valence-electron chi connectivity index (χ1n) is 5.92. The normalized spacial score (nSPS) is 12.7. The molecule has 1 aromatic carbocycles. The van der Waals surface area contributed by atoms with Gasteiger partial charge in [0, 0.05) is 12.2 Å². The van der Waals surface area contributed by atoms with Crippen LogP contribution in [0, 0.1) is 0 Å². The van der Waals surface area contributed by atoms with Crippen molar-refractivity contribution in [1.29, 1.82) is 0 Å². The third kappa shape index (κ3) is 3.29. The molecule has 19 heavy (non-hydrogen) atoms. The maximum atomic E-state index is 11.5. The quantitative estimate of drug-likeness (QED) is 0.772. The molecule has 1 atom stereocenters. The summed E-state index contributed by atoms with van der Waals surface area (Å²) >= 11 is 0. The van der Waals surface area contributed by atoms with Crippen LogP contribution in [0.3, 0.4) is 0 Å². The number of aromatic nitrogens is 2. The van der Waals surface area contributed by atoms with E-state index in [1.54, 1.807) is 12.2 Å². The van der Waals surface area contributed by atoms with Gasteiger partial charge in [0.15, 0.2) is 0 Å². The standard InChI is InChI=1S/C14H15N3O2/c1-9(15)11-5-2-10(3-6-11)4-7-12-8-16-14(19)17-13(12)18/h2-9H,15H2,1H3,(H2,16,17,18,19)/b7-4+. The predicted octanol–water partition coefficient (Wildman–Crippen LogP) is 1.25. The van der Waals surface area contributed by atoms with Gasteiger partial charge in [-0.25, -0.2) is 4.79 Å². The van der Waals surface area contributed by atoms with E-state index in [-0.39, 0.29) is 6.04 Å². The summed E-state index contributed by atoms with van der Waals surface area (Å²) in [7, 11) is 0. The lowest BCUT2D eigenvalue weighted by atomic mass is 10.1. The van der Waals surface area contributed by atoms with Gasteiger partial charge in [-0.2, -0.15) is 0 Å². The van der Waals surface area contributed by atoms with Crippen LogP contribution in [0.2, 0.25) is 0 Å². The Morgan fingerprint density at radius 3 is 2.42 bits per heavy atom. The van der Waals surface area contributed by atoms with Crippen LogP contribution in [-0.2, 0) is 0 Å². The molecule has 0 aliphatic rings. The van der Waals surface area contributed by atoms with Crippen LogP contribution in [0.15, 0.2) is 40.1 Å². The molecule has 5 nitrogen and oxygen atoms in total. The van der Waals surface area contributed by atoms with Crippen molar-refractivity contribution in [2.45, 2.75) is 13.0 Å². The highest BCUT2D eigenvalue weighted by atomic mass is 16.2. The summed E-state index contributed by atoms with van der Waals surface area (Å²) < 4.78 is 0. The lowest BCUT2D eigenvalue weighted by Crippen LogP contribution is -2.22. The number of benzene rings is 1. The Morgan fingerprint density at radius 1 is 1.16 bits per heavy atom. The van der Waals surface area contributed by atoms with E-state index < -0.39 is 11.2 Å². The first kappa shape index (κ1) is 13.0. The van der Waals surface area contributed by atoms with Crippen LogP contribution < -0.4 is 17.0 Å². The van der Waals surface area contributed by atoms with Crippen LogP contribution in [-0.4, -0.2) is 9.97 Å². The Kier molecular flexibility index (Phi) is 3.77. The number of hydrogen-bond donors (Lipinski definition) is 3. The van der Waals surface area contributed by atoms with Crippen molar-refractivity contribution in [3.8, 4) is 0 Å². The molecule has 98 valence electrons. The number of nitrogens with one attached hydrogen (secondary N) is 2. The fraction of sp³-hybridized carbons (Fsp3) is 0.143. The predicted molar refractivity (Wildman–Crippen MR) is 75.7 cm³/mol. The van der Waals surface area contributed by atoms with E-state index in [0.717, 1.165) is 11.1 Å². The fourth-order valence-electron chi connectivity index (χ4n) is 1.64. The number of hydrogen-bond acceptors (Lipinski definition) is 3. The first-order valence-corrected chi connectivity index (χ1v) is 5.92. The molecule has 0 spiro atoms. The van der Waals surface area contributed by atoms with Gasteiger partial charge in [0.1, 0.15) is 0 Å². The third-order valence-corrected chi connectivity index (χ3v) is 2.77. The first-order chi connectivity index (χ1) is 9.06. The van der Waals surface area contributed by atoms with E-state index in [9.17, 15) is 9.59 Å². The van der Waals surface area contributed by atoms with Crippen molar-refractivity contribution >= 4 is 12.2 Å². The molecule has 0 radical (unpaired) electrons. The molecule has 1 unspecified atom stereocenters. The molecule has 0 bridgehead atoms. The van der Waals surface area contributed by atoms with Gasteiger partial charge in [0.05, 0.1) is 5.56 Å². The van der Waals surface area contributed by atoms with Crippen molar-refractivity contribution in [1.82, 2.24) is 9.97 Å². The summed E-state index contributed by atoms with van der Waals surface area (Å²) in [5.74, 6) is 0. The van der Waals surface area contributed by atoms with Gasteiger partial charge < -0.3 is 10.7 Å². The van der Waals surface area contributed by atoms with Gasteiger partial charge in [0.25, 0.3) is 5.56 Å². The molecule has 1 aromatic heterocycles. The van der Waals surface area contributed by atoms with Crippen LogP contribution >= 0.6 is 0 Å². The van der Waals surface area contributed by atoms with E-state index in [1.807, 2.05) is 31.2 Å². The monoisotopic (exact) mass is 257 g/mol. The Labute approximate surface area is 109 Å². The topological polar surface area (TPSA) is 91.7 Å². The summed E-state index contributed by atoms with van der Waals surface area (Å²) in [6, 6.07) is 7.74. The minimum atomic E-state index is -0.511. The van der Waals surface area contributed by atoms with E-state index in [0.29, 0.717) is 5.56 Å².